The largest absolute Gasteiger partial charge is 0.347 e. The van der Waals surface area contributed by atoms with Gasteiger partial charge in [-0.05, 0) is 58.2 Å². The molecular formula is C17H30N6O. The highest BCUT2D eigenvalue weighted by Crippen LogP contribution is 2.17. The summed E-state index contributed by atoms with van der Waals surface area (Å²) in [5.74, 6) is 0.638. The van der Waals surface area contributed by atoms with Gasteiger partial charge in [-0.15, -0.1) is 5.10 Å². The zero-order chi connectivity index (χ0) is 16.9. The van der Waals surface area contributed by atoms with E-state index in [-0.39, 0.29) is 11.9 Å². The molecule has 0 aromatic carbocycles. The second kappa shape index (κ2) is 8.07. The Bertz CT molecular complexity index is 539. The summed E-state index contributed by atoms with van der Waals surface area (Å²) in [4.78, 5) is 14.8. The van der Waals surface area contributed by atoms with Crippen molar-refractivity contribution in [2.75, 3.05) is 32.7 Å². The average molecular weight is 334 g/mol. The van der Waals surface area contributed by atoms with Crippen molar-refractivity contribution in [1.82, 2.24) is 30.5 Å². The molecule has 0 spiro atoms. The van der Waals surface area contributed by atoms with Gasteiger partial charge in [0.15, 0.2) is 5.69 Å². The minimum atomic E-state index is -0.118. The van der Waals surface area contributed by atoms with Gasteiger partial charge >= 0.3 is 0 Å². The fourth-order valence-corrected chi connectivity index (χ4v) is 3.81. The Morgan fingerprint density at radius 1 is 1.42 bits per heavy atom. The van der Waals surface area contributed by atoms with Gasteiger partial charge in [-0.2, -0.15) is 0 Å². The van der Waals surface area contributed by atoms with Crippen LogP contribution in [0.15, 0.2) is 6.20 Å². The Kier molecular flexibility index (Phi) is 5.84. The van der Waals surface area contributed by atoms with Gasteiger partial charge < -0.3 is 15.5 Å². The van der Waals surface area contributed by atoms with E-state index in [0.29, 0.717) is 11.7 Å². The number of rotatable bonds is 5. The van der Waals surface area contributed by atoms with Crippen LogP contribution in [-0.2, 0) is 0 Å². The van der Waals surface area contributed by atoms with Gasteiger partial charge in [-0.3, -0.25) is 4.79 Å². The number of nitrogens with zero attached hydrogens (tertiary/aromatic N) is 4. The minimum Gasteiger partial charge on any atom is -0.347 e. The molecule has 2 N–H and O–H groups in total. The summed E-state index contributed by atoms with van der Waals surface area (Å²) in [6.07, 6.45) is 6.44. The van der Waals surface area contributed by atoms with Crippen molar-refractivity contribution in [3.8, 4) is 0 Å². The van der Waals surface area contributed by atoms with Crippen molar-refractivity contribution in [3.63, 3.8) is 0 Å². The van der Waals surface area contributed by atoms with E-state index in [1.807, 2.05) is 4.68 Å². The lowest BCUT2D eigenvalue weighted by Crippen LogP contribution is -2.45. The minimum absolute atomic E-state index is 0.117. The Morgan fingerprint density at radius 2 is 2.21 bits per heavy atom. The van der Waals surface area contributed by atoms with Crippen molar-refractivity contribution in [2.45, 2.75) is 51.6 Å². The first-order valence-electron chi connectivity index (χ1n) is 9.27. The van der Waals surface area contributed by atoms with Crippen LogP contribution in [-0.4, -0.2) is 64.6 Å². The number of carbonyl (C=O) groups is 1. The zero-order valence-corrected chi connectivity index (χ0v) is 14.9. The van der Waals surface area contributed by atoms with Crippen LogP contribution in [0.3, 0.4) is 0 Å². The number of aromatic nitrogens is 3. The van der Waals surface area contributed by atoms with E-state index in [4.69, 9.17) is 0 Å². The quantitative estimate of drug-likeness (QED) is 0.842. The summed E-state index contributed by atoms with van der Waals surface area (Å²) in [5.41, 5.74) is 0.424. The van der Waals surface area contributed by atoms with E-state index in [0.717, 1.165) is 51.5 Å². The van der Waals surface area contributed by atoms with Crippen LogP contribution in [0, 0.1) is 5.92 Å². The lowest BCUT2D eigenvalue weighted by Gasteiger charge is -2.32. The maximum Gasteiger partial charge on any atom is 0.273 e. The smallest absolute Gasteiger partial charge is 0.273 e. The summed E-state index contributed by atoms with van der Waals surface area (Å²) in [5, 5.41) is 14.6. The van der Waals surface area contributed by atoms with Crippen LogP contribution in [0.5, 0.6) is 0 Å². The fourth-order valence-electron chi connectivity index (χ4n) is 3.81. The summed E-state index contributed by atoms with van der Waals surface area (Å²) >= 11 is 0. The molecule has 1 aromatic heterocycles. The number of hydrogen-bond acceptors (Lipinski definition) is 5. The normalized spacial score (nSPS) is 24.7. The van der Waals surface area contributed by atoms with E-state index in [9.17, 15) is 4.79 Å². The van der Waals surface area contributed by atoms with Crippen LogP contribution >= 0.6 is 0 Å². The molecule has 3 heterocycles. The molecule has 2 aliphatic heterocycles. The molecule has 0 bridgehead atoms. The van der Waals surface area contributed by atoms with Crippen molar-refractivity contribution < 1.29 is 4.79 Å². The number of nitrogens with one attached hydrogen (secondary N) is 2. The molecule has 2 atom stereocenters. The lowest BCUT2D eigenvalue weighted by molar-refractivity contribution is 0.0915. The molecule has 0 saturated carbocycles. The molecule has 0 radical (unpaired) electrons. The molecule has 2 fully saturated rings. The highest BCUT2D eigenvalue weighted by Gasteiger charge is 2.21. The van der Waals surface area contributed by atoms with Crippen molar-refractivity contribution in [1.29, 1.82) is 0 Å². The van der Waals surface area contributed by atoms with Crippen LogP contribution in [0.4, 0.5) is 0 Å². The van der Waals surface area contributed by atoms with Crippen LogP contribution < -0.4 is 10.6 Å². The SMILES string of the molecule is CC1CCCN(CC(C)NC(=O)c2cn(C3CCNCC3)nn2)C1. The Morgan fingerprint density at radius 3 is 2.96 bits per heavy atom. The second-order valence-electron chi connectivity index (χ2n) is 7.45. The number of piperidine rings is 2. The van der Waals surface area contributed by atoms with Gasteiger partial charge in [0.1, 0.15) is 0 Å². The Balaban J connectivity index is 1.50. The highest BCUT2D eigenvalue weighted by molar-refractivity contribution is 5.92. The monoisotopic (exact) mass is 334 g/mol. The third-order valence-electron chi connectivity index (χ3n) is 5.08. The highest BCUT2D eigenvalue weighted by atomic mass is 16.2. The molecule has 24 heavy (non-hydrogen) atoms. The number of likely N-dealkylation sites (tertiary alicyclic amines) is 1. The van der Waals surface area contributed by atoms with Gasteiger partial charge in [-0.1, -0.05) is 12.1 Å². The molecular weight excluding hydrogens is 304 g/mol. The molecule has 3 rings (SSSR count). The first-order chi connectivity index (χ1) is 11.6. The van der Waals surface area contributed by atoms with Crippen molar-refractivity contribution in [2.24, 2.45) is 5.92 Å². The summed E-state index contributed by atoms with van der Waals surface area (Å²) in [6, 6.07) is 0.472. The Hall–Kier alpha value is -1.47. The van der Waals surface area contributed by atoms with Gasteiger partial charge in [0, 0.05) is 19.1 Å². The molecule has 7 heteroatoms. The molecule has 7 nitrogen and oxygen atoms in total. The van der Waals surface area contributed by atoms with E-state index in [1.165, 1.54) is 12.8 Å². The van der Waals surface area contributed by atoms with Gasteiger partial charge in [0.2, 0.25) is 0 Å². The van der Waals surface area contributed by atoms with Crippen molar-refractivity contribution in [3.05, 3.63) is 11.9 Å². The number of hydrogen-bond donors (Lipinski definition) is 2. The van der Waals surface area contributed by atoms with Gasteiger partial charge in [0.05, 0.1) is 12.2 Å². The molecule has 0 aliphatic carbocycles. The van der Waals surface area contributed by atoms with Gasteiger partial charge in [0.25, 0.3) is 5.91 Å². The molecule has 2 aliphatic rings. The van der Waals surface area contributed by atoms with Gasteiger partial charge in [-0.25, -0.2) is 4.68 Å². The lowest BCUT2D eigenvalue weighted by atomic mass is 10.00. The van der Waals surface area contributed by atoms with E-state index >= 15 is 0 Å². The predicted octanol–water partition coefficient (Wildman–Crippen LogP) is 1.05. The molecule has 2 unspecified atom stereocenters. The van der Waals surface area contributed by atoms with Crippen LogP contribution in [0.25, 0.3) is 0 Å². The van der Waals surface area contributed by atoms with Crippen LogP contribution in [0.1, 0.15) is 56.1 Å². The second-order valence-corrected chi connectivity index (χ2v) is 7.45. The topological polar surface area (TPSA) is 75.1 Å². The maximum atomic E-state index is 12.4. The van der Waals surface area contributed by atoms with E-state index in [1.54, 1.807) is 6.20 Å². The van der Waals surface area contributed by atoms with Crippen LogP contribution in [0.2, 0.25) is 0 Å². The zero-order valence-electron chi connectivity index (χ0n) is 14.9. The predicted molar refractivity (Wildman–Crippen MR) is 92.9 cm³/mol. The number of amides is 1. The van der Waals surface area contributed by atoms with Crippen molar-refractivity contribution >= 4 is 5.91 Å². The third kappa shape index (κ3) is 4.54. The summed E-state index contributed by atoms with van der Waals surface area (Å²) in [7, 11) is 0. The first-order valence-corrected chi connectivity index (χ1v) is 9.27. The average Bonchev–Trinajstić information content (AvgIpc) is 3.05. The van der Waals surface area contributed by atoms with E-state index in [2.05, 4.69) is 39.7 Å². The Labute approximate surface area is 144 Å². The maximum absolute atomic E-state index is 12.4. The van der Waals surface area contributed by atoms with E-state index < -0.39 is 0 Å². The summed E-state index contributed by atoms with van der Waals surface area (Å²) < 4.78 is 1.85. The molecule has 2 saturated heterocycles. The molecule has 1 aromatic rings. The molecule has 1 amide bonds. The third-order valence-corrected chi connectivity index (χ3v) is 5.08. The molecule has 134 valence electrons. The first kappa shape index (κ1) is 17.4. The fraction of sp³-hybridized carbons (Fsp3) is 0.824. The summed E-state index contributed by atoms with van der Waals surface area (Å²) in [6.45, 7) is 9.53. The standard InChI is InChI=1S/C17H30N6O/c1-13-4-3-9-22(10-13)11-14(2)19-17(24)16-12-23(21-20-16)15-5-7-18-8-6-15/h12-15,18H,3-11H2,1-2H3,(H,19,24). The number of carbonyl (C=O) groups excluding carboxylic acids is 1.